The molecular weight excluding hydrogens is 430 g/mol. The van der Waals surface area contributed by atoms with E-state index in [9.17, 15) is 13.6 Å². The molecule has 32 heavy (non-hydrogen) atoms. The summed E-state index contributed by atoms with van der Waals surface area (Å²) in [6, 6.07) is 18.8. The van der Waals surface area contributed by atoms with E-state index in [-0.39, 0.29) is 11.6 Å². The second kappa shape index (κ2) is 9.70. The molecular formula is C25H20F2N2O2S. The van der Waals surface area contributed by atoms with Crippen molar-refractivity contribution in [2.75, 3.05) is 11.4 Å². The normalized spacial score (nSPS) is 11.3. The molecule has 3 aromatic carbocycles. The van der Waals surface area contributed by atoms with Gasteiger partial charge in [0.05, 0.1) is 10.2 Å². The van der Waals surface area contributed by atoms with Crippen LogP contribution in [0.5, 0.6) is 0 Å². The van der Waals surface area contributed by atoms with Gasteiger partial charge in [0.15, 0.2) is 5.13 Å². The van der Waals surface area contributed by atoms with E-state index in [1.807, 2.05) is 24.3 Å². The minimum atomic E-state index is -0.996. The van der Waals surface area contributed by atoms with Crippen LogP contribution in [0.3, 0.4) is 0 Å². The summed E-state index contributed by atoms with van der Waals surface area (Å²) in [7, 11) is 0. The molecule has 0 aliphatic carbocycles. The first-order chi connectivity index (χ1) is 15.5. The van der Waals surface area contributed by atoms with Crippen LogP contribution in [-0.2, 0) is 17.8 Å². The van der Waals surface area contributed by atoms with Gasteiger partial charge in [0.1, 0.15) is 11.6 Å². The molecule has 0 bridgehead atoms. The number of benzene rings is 3. The fraction of sp³-hybridized carbons (Fsp3) is 0.120. The van der Waals surface area contributed by atoms with Gasteiger partial charge in [0, 0.05) is 19.2 Å². The largest absolute Gasteiger partial charge is 0.478 e. The molecule has 4 rings (SSSR count). The summed E-state index contributed by atoms with van der Waals surface area (Å²) in [4.78, 5) is 17.4. The summed E-state index contributed by atoms with van der Waals surface area (Å²) in [5, 5.41) is 9.49. The van der Waals surface area contributed by atoms with Gasteiger partial charge >= 0.3 is 5.97 Å². The summed E-state index contributed by atoms with van der Waals surface area (Å²) < 4.78 is 28.0. The maximum atomic E-state index is 14.2. The van der Waals surface area contributed by atoms with Crippen LogP contribution in [0.4, 0.5) is 13.9 Å². The molecule has 0 saturated heterocycles. The van der Waals surface area contributed by atoms with Crippen molar-refractivity contribution in [3.05, 3.63) is 101 Å². The highest BCUT2D eigenvalue weighted by Crippen LogP contribution is 2.31. The first-order valence-corrected chi connectivity index (χ1v) is 10.8. The van der Waals surface area contributed by atoms with E-state index in [0.717, 1.165) is 22.8 Å². The standard InChI is InChI=1S/C25H20F2N2O2S/c26-20-11-8-18(9-12-20)14-15-29(25-28-22-3-1-2-21(27)24(22)32-25)16-19-6-4-17(5-7-19)10-13-23(30)31/h1-13H,14-16H2,(H,30,31)/b13-10+. The molecule has 0 spiro atoms. The van der Waals surface area contributed by atoms with Crippen molar-refractivity contribution in [2.24, 2.45) is 0 Å². The smallest absolute Gasteiger partial charge is 0.328 e. The first kappa shape index (κ1) is 21.6. The zero-order valence-corrected chi connectivity index (χ0v) is 17.9. The van der Waals surface area contributed by atoms with E-state index < -0.39 is 5.97 Å². The lowest BCUT2D eigenvalue weighted by Gasteiger charge is -2.22. The van der Waals surface area contributed by atoms with Gasteiger partial charge in [0.2, 0.25) is 0 Å². The SMILES string of the molecule is O=C(O)/C=C/c1ccc(CN(CCc2ccc(F)cc2)c2nc3cccc(F)c3s2)cc1. The fourth-order valence-electron chi connectivity index (χ4n) is 3.32. The minimum absolute atomic E-state index is 0.274. The van der Waals surface area contributed by atoms with Crippen LogP contribution in [0.1, 0.15) is 16.7 Å². The molecule has 4 nitrogen and oxygen atoms in total. The van der Waals surface area contributed by atoms with Gasteiger partial charge in [-0.3, -0.25) is 0 Å². The van der Waals surface area contributed by atoms with Crippen molar-refractivity contribution in [2.45, 2.75) is 13.0 Å². The number of carboxylic acids is 1. The van der Waals surface area contributed by atoms with Gasteiger partial charge < -0.3 is 10.0 Å². The van der Waals surface area contributed by atoms with Crippen LogP contribution >= 0.6 is 11.3 Å². The van der Waals surface area contributed by atoms with Crippen LogP contribution in [0, 0.1) is 11.6 Å². The first-order valence-electron chi connectivity index (χ1n) is 10.0. The molecule has 1 aromatic heterocycles. The van der Waals surface area contributed by atoms with Crippen molar-refractivity contribution in [1.82, 2.24) is 4.98 Å². The second-order valence-electron chi connectivity index (χ2n) is 7.30. The van der Waals surface area contributed by atoms with Crippen molar-refractivity contribution in [3.63, 3.8) is 0 Å². The lowest BCUT2D eigenvalue weighted by Crippen LogP contribution is -2.25. The summed E-state index contributed by atoms with van der Waals surface area (Å²) in [5.41, 5.74) is 3.41. The van der Waals surface area contributed by atoms with Crippen LogP contribution in [0.15, 0.2) is 72.8 Å². The van der Waals surface area contributed by atoms with E-state index in [1.165, 1.54) is 35.6 Å². The molecule has 0 fully saturated rings. The van der Waals surface area contributed by atoms with Crippen LogP contribution < -0.4 is 4.90 Å². The highest BCUT2D eigenvalue weighted by atomic mass is 32.1. The number of rotatable bonds is 8. The number of carbonyl (C=O) groups is 1. The quantitative estimate of drug-likeness (QED) is 0.339. The molecule has 0 aliphatic heterocycles. The maximum absolute atomic E-state index is 14.2. The Bertz CT molecular complexity index is 1250. The number of hydrogen-bond donors (Lipinski definition) is 1. The summed E-state index contributed by atoms with van der Waals surface area (Å²) in [5.74, 6) is -1.56. The molecule has 0 amide bonds. The maximum Gasteiger partial charge on any atom is 0.328 e. The van der Waals surface area contributed by atoms with Gasteiger partial charge in [-0.2, -0.15) is 0 Å². The average molecular weight is 451 g/mol. The van der Waals surface area contributed by atoms with Crippen molar-refractivity contribution >= 4 is 38.7 Å². The van der Waals surface area contributed by atoms with Gasteiger partial charge in [-0.25, -0.2) is 18.6 Å². The monoisotopic (exact) mass is 450 g/mol. The molecule has 0 saturated carbocycles. The topological polar surface area (TPSA) is 53.4 Å². The number of anilines is 1. The second-order valence-corrected chi connectivity index (χ2v) is 8.27. The van der Waals surface area contributed by atoms with E-state index in [4.69, 9.17) is 5.11 Å². The molecule has 1 N–H and O–H groups in total. The number of thiazole rings is 1. The zero-order valence-electron chi connectivity index (χ0n) is 17.0. The number of aromatic nitrogens is 1. The van der Waals surface area contributed by atoms with Gasteiger partial charge in [-0.1, -0.05) is 53.8 Å². The predicted octanol–water partition coefficient (Wildman–Crippen LogP) is 5.92. The van der Waals surface area contributed by atoms with Crippen molar-refractivity contribution < 1.29 is 18.7 Å². The lowest BCUT2D eigenvalue weighted by atomic mass is 10.1. The van der Waals surface area contributed by atoms with Crippen LogP contribution in [0.25, 0.3) is 16.3 Å². The van der Waals surface area contributed by atoms with Gasteiger partial charge in [-0.05, 0) is 53.5 Å². The number of nitrogens with zero attached hydrogens (tertiary/aromatic N) is 2. The molecule has 0 unspecified atom stereocenters. The van der Waals surface area contributed by atoms with E-state index in [2.05, 4.69) is 9.88 Å². The zero-order chi connectivity index (χ0) is 22.5. The third-order valence-corrected chi connectivity index (χ3v) is 6.12. The Morgan fingerprint density at radius 1 is 1.00 bits per heavy atom. The average Bonchev–Trinajstić information content (AvgIpc) is 3.23. The Hall–Kier alpha value is -3.58. The predicted molar refractivity (Wildman–Crippen MR) is 124 cm³/mol. The van der Waals surface area contributed by atoms with E-state index >= 15 is 0 Å². The van der Waals surface area contributed by atoms with Crippen molar-refractivity contribution in [1.29, 1.82) is 0 Å². The molecule has 0 aliphatic rings. The number of hydrogen-bond acceptors (Lipinski definition) is 4. The van der Waals surface area contributed by atoms with E-state index in [0.29, 0.717) is 34.9 Å². The molecule has 7 heteroatoms. The molecule has 1 heterocycles. The number of aliphatic carboxylic acids is 1. The Morgan fingerprint density at radius 3 is 2.41 bits per heavy atom. The Kier molecular flexibility index (Phi) is 6.56. The summed E-state index contributed by atoms with van der Waals surface area (Å²) >= 11 is 1.31. The van der Waals surface area contributed by atoms with Crippen LogP contribution in [-0.4, -0.2) is 22.6 Å². The summed E-state index contributed by atoms with van der Waals surface area (Å²) in [6.07, 6.45) is 3.31. The number of halogens is 2. The van der Waals surface area contributed by atoms with Crippen LogP contribution in [0.2, 0.25) is 0 Å². The Labute approximate surface area is 188 Å². The third kappa shape index (κ3) is 5.36. The molecule has 0 radical (unpaired) electrons. The third-order valence-electron chi connectivity index (χ3n) is 4.98. The highest BCUT2D eigenvalue weighted by molar-refractivity contribution is 7.22. The number of fused-ring (bicyclic) bond motifs is 1. The Morgan fingerprint density at radius 2 is 1.72 bits per heavy atom. The highest BCUT2D eigenvalue weighted by Gasteiger charge is 2.15. The molecule has 0 atom stereocenters. The lowest BCUT2D eigenvalue weighted by molar-refractivity contribution is -0.131. The van der Waals surface area contributed by atoms with Gasteiger partial charge in [-0.15, -0.1) is 0 Å². The summed E-state index contributed by atoms with van der Waals surface area (Å²) in [6.45, 7) is 1.17. The molecule has 162 valence electrons. The number of carboxylic acid groups (broad SMARTS) is 1. The van der Waals surface area contributed by atoms with Gasteiger partial charge in [0.25, 0.3) is 0 Å². The fourth-order valence-corrected chi connectivity index (χ4v) is 4.31. The Balaban J connectivity index is 1.58. The van der Waals surface area contributed by atoms with E-state index in [1.54, 1.807) is 24.3 Å². The molecule has 4 aromatic rings. The minimum Gasteiger partial charge on any atom is -0.478 e. The van der Waals surface area contributed by atoms with Crippen molar-refractivity contribution in [3.8, 4) is 0 Å².